The number of aliphatic hydroxyl groups excluding tert-OH is 1. The third-order valence-electron chi connectivity index (χ3n) is 4.03. The fourth-order valence-corrected chi connectivity index (χ4v) is 3.10. The molecule has 0 aromatic heterocycles. The van der Waals surface area contributed by atoms with Crippen LogP contribution in [0.4, 0.5) is 8.78 Å². The van der Waals surface area contributed by atoms with Gasteiger partial charge in [0.15, 0.2) is 0 Å². The summed E-state index contributed by atoms with van der Waals surface area (Å²) in [5.74, 6) is -2.51. The van der Waals surface area contributed by atoms with Crippen LogP contribution in [0.3, 0.4) is 0 Å². The van der Waals surface area contributed by atoms with Gasteiger partial charge in [-0.3, -0.25) is 0 Å². The van der Waals surface area contributed by atoms with Crippen molar-refractivity contribution >= 4 is 0 Å². The first kappa shape index (κ1) is 6.35. The molecule has 3 saturated carbocycles. The van der Waals surface area contributed by atoms with Gasteiger partial charge in [0, 0.05) is 12.0 Å². The van der Waals surface area contributed by atoms with E-state index in [9.17, 15) is 8.78 Å². The largest absolute Gasteiger partial charge is 0.396 e. The second kappa shape index (κ2) is 1.24. The minimum atomic E-state index is -2.42. The molecule has 62 valence electrons. The van der Waals surface area contributed by atoms with Crippen LogP contribution in [-0.2, 0) is 0 Å². The van der Waals surface area contributed by atoms with E-state index in [1.165, 1.54) is 0 Å². The van der Waals surface area contributed by atoms with E-state index in [0.29, 0.717) is 19.3 Å². The van der Waals surface area contributed by atoms with E-state index < -0.39 is 16.8 Å². The van der Waals surface area contributed by atoms with Gasteiger partial charge in [0.05, 0.1) is 5.41 Å². The molecule has 0 radical (unpaired) electrons. The molecule has 11 heavy (non-hydrogen) atoms. The normalized spacial score (nSPS) is 53.2. The van der Waals surface area contributed by atoms with Gasteiger partial charge in [-0.25, -0.2) is 8.78 Å². The highest BCUT2D eigenvalue weighted by molar-refractivity contribution is 5.43. The molecule has 3 aliphatic rings. The second-order valence-corrected chi connectivity index (χ2v) is 4.21. The highest BCUT2D eigenvalue weighted by atomic mass is 19.3. The molecular weight excluding hydrogens is 150 g/mol. The maximum Gasteiger partial charge on any atom is 0.261 e. The molecule has 0 heterocycles. The molecule has 0 unspecified atom stereocenters. The molecule has 2 atom stereocenters. The molecule has 0 aromatic carbocycles. The topological polar surface area (TPSA) is 20.2 Å². The molecule has 3 aliphatic carbocycles. The Morgan fingerprint density at radius 2 is 2.00 bits per heavy atom. The van der Waals surface area contributed by atoms with Crippen molar-refractivity contribution < 1.29 is 13.9 Å². The summed E-state index contributed by atoms with van der Waals surface area (Å²) in [4.78, 5) is 0. The highest BCUT2D eigenvalue weighted by Crippen LogP contribution is 2.97. The summed E-state index contributed by atoms with van der Waals surface area (Å²) in [6.45, 7) is -0.0443. The number of halogens is 2. The number of rotatable bonds is 1. The van der Waals surface area contributed by atoms with Crippen LogP contribution < -0.4 is 0 Å². The SMILES string of the molecule is OC[C@@H]1C[C@@]12C(F)(F)C21CC1. The van der Waals surface area contributed by atoms with Crippen molar-refractivity contribution in [3.63, 3.8) is 0 Å². The molecule has 2 spiro atoms. The third kappa shape index (κ3) is 0.360. The summed E-state index contributed by atoms with van der Waals surface area (Å²) in [6.07, 6.45) is 1.95. The molecule has 0 aromatic rings. The average molecular weight is 160 g/mol. The maximum absolute atomic E-state index is 13.1. The average Bonchev–Trinajstić information content (AvgIpc) is 2.83. The zero-order valence-corrected chi connectivity index (χ0v) is 6.11. The van der Waals surface area contributed by atoms with Gasteiger partial charge in [-0.1, -0.05) is 0 Å². The van der Waals surface area contributed by atoms with E-state index in [2.05, 4.69) is 0 Å². The Kier molecular flexibility index (Phi) is 0.716. The molecule has 3 heteroatoms. The smallest absolute Gasteiger partial charge is 0.261 e. The zero-order chi connectivity index (χ0) is 7.91. The first-order valence-corrected chi connectivity index (χ1v) is 4.11. The molecule has 1 nitrogen and oxygen atoms in total. The van der Waals surface area contributed by atoms with Crippen LogP contribution in [0.1, 0.15) is 19.3 Å². The lowest BCUT2D eigenvalue weighted by Crippen LogP contribution is -1.98. The van der Waals surface area contributed by atoms with E-state index in [1.807, 2.05) is 0 Å². The van der Waals surface area contributed by atoms with Crippen LogP contribution in [0.25, 0.3) is 0 Å². The number of fused-ring (bicyclic) bond motifs is 1. The van der Waals surface area contributed by atoms with Gasteiger partial charge >= 0.3 is 0 Å². The van der Waals surface area contributed by atoms with Crippen molar-refractivity contribution in [2.45, 2.75) is 25.2 Å². The predicted octanol–water partition coefficient (Wildman–Crippen LogP) is 1.41. The number of alkyl halides is 2. The van der Waals surface area contributed by atoms with Crippen LogP contribution >= 0.6 is 0 Å². The first-order valence-electron chi connectivity index (χ1n) is 4.11. The van der Waals surface area contributed by atoms with Crippen molar-refractivity contribution in [3.8, 4) is 0 Å². The standard InChI is InChI=1S/C8H10F2O/c9-8(10)6(1-2-6)7(8)3-5(7)4-11/h5,11H,1-4H2/t5-,7+/m0/s1. The second-order valence-electron chi connectivity index (χ2n) is 4.21. The van der Waals surface area contributed by atoms with Crippen molar-refractivity contribution in [2.75, 3.05) is 6.61 Å². The summed E-state index contributed by atoms with van der Waals surface area (Å²) < 4.78 is 26.3. The Morgan fingerprint density at radius 1 is 1.36 bits per heavy atom. The Labute approximate surface area is 63.4 Å². The molecule has 0 aliphatic heterocycles. The molecule has 0 amide bonds. The van der Waals surface area contributed by atoms with Gasteiger partial charge in [-0.15, -0.1) is 0 Å². The summed E-state index contributed by atoms with van der Waals surface area (Å²) in [5.41, 5.74) is -1.33. The van der Waals surface area contributed by atoms with Crippen molar-refractivity contribution in [2.24, 2.45) is 16.7 Å². The van der Waals surface area contributed by atoms with Gasteiger partial charge in [0.2, 0.25) is 0 Å². The first-order chi connectivity index (χ1) is 5.12. The number of hydrogen-bond acceptors (Lipinski definition) is 1. The third-order valence-corrected chi connectivity index (χ3v) is 4.03. The Hall–Kier alpha value is -0.180. The van der Waals surface area contributed by atoms with E-state index in [-0.39, 0.29) is 12.5 Å². The van der Waals surface area contributed by atoms with Crippen molar-refractivity contribution in [1.82, 2.24) is 0 Å². The number of hydrogen-bond donors (Lipinski definition) is 1. The van der Waals surface area contributed by atoms with Gasteiger partial charge in [0.25, 0.3) is 5.92 Å². The van der Waals surface area contributed by atoms with Gasteiger partial charge in [-0.05, 0) is 25.2 Å². The number of aliphatic hydroxyl groups is 1. The van der Waals surface area contributed by atoms with Crippen molar-refractivity contribution in [3.05, 3.63) is 0 Å². The van der Waals surface area contributed by atoms with E-state index in [0.717, 1.165) is 0 Å². The minimum absolute atomic E-state index is 0.0443. The molecule has 0 bridgehead atoms. The molecule has 1 N–H and O–H groups in total. The monoisotopic (exact) mass is 160 g/mol. The molecule has 3 rings (SSSR count). The van der Waals surface area contributed by atoms with Crippen molar-refractivity contribution in [1.29, 1.82) is 0 Å². The summed E-state index contributed by atoms with van der Waals surface area (Å²) in [5, 5.41) is 8.74. The molecular formula is C8H10F2O. The minimum Gasteiger partial charge on any atom is -0.396 e. The van der Waals surface area contributed by atoms with Crippen LogP contribution in [0, 0.1) is 16.7 Å². The lowest BCUT2D eigenvalue weighted by molar-refractivity contribution is 0.0707. The predicted molar refractivity (Wildman–Crippen MR) is 34.2 cm³/mol. The fraction of sp³-hybridized carbons (Fsp3) is 1.00. The summed E-state index contributed by atoms with van der Waals surface area (Å²) in [6, 6.07) is 0. The van der Waals surface area contributed by atoms with Gasteiger partial charge < -0.3 is 5.11 Å². The Morgan fingerprint density at radius 3 is 2.27 bits per heavy atom. The van der Waals surface area contributed by atoms with E-state index in [1.54, 1.807) is 0 Å². The zero-order valence-electron chi connectivity index (χ0n) is 6.11. The Bertz CT molecular complexity index is 228. The lowest BCUT2D eigenvalue weighted by Gasteiger charge is -1.89. The van der Waals surface area contributed by atoms with Gasteiger partial charge in [0.1, 0.15) is 0 Å². The highest BCUT2D eigenvalue weighted by Gasteiger charge is 3.02. The molecule has 0 saturated heterocycles. The van der Waals surface area contributed by atoms with Crippen LogP contribution in [0.5, 0.6) is 0 Å². The van der Waals surface area contributed by atoms with Crippen LogP contribution in [-0.4, -0.2) is 17.6 Å². The quantitative estimate of drug-likeness (QED) is 0.615. The Balaban J connectivity index is 1.94. The summed E-state index contributed by atoms with van der Waals surface area (Å²) in [7, 11) is 0. The van der Waals surface area contributed by atoms with E-state index in [4.69, 9.17) is 5.11 Å². The molecule has 3 fully saturated rings. The maximum atomic E-state index is 13.1. The van der Waals surface area contributed by atoms with Crippen LogP contribution in [0.2, 0.25) is 0 Å². The lowest BCUT2D eigenvalue weighted by atomic mass is 10.2. The van der Waals surface area contributed by atoms with E-state index >= 15 is 0 Å². The van der Waals surface area contributed by atoms with Gasteiger partial charge in [-0.2, -0.15) is 0 Å². The summed E-state index contributed by atoms with van der Waals surface area (Å²) >= 11 is 0. The fourth-order valence-electron chi connectivity index (χ4n) is 3.10. The van der Waals surface area contributed by atoms with Crippen LogP contribution in [0.15, 0.2) is 0 Å².